The van der Waals surface area contributed by atoms with Gasteiger partial charge in [-0.25, -0.2) is 0 Å². The molecule has 0 saturated carbocycles. The lowest BCUT2D eigenvalue weighted by Gasteiger charge is -2.29. The third-order valence-corrected chi connectivity index (χ3v) is 3.01. The van der Waals surface area contributed by atoms with Crippen LogP contribution in [0.25, 0.3) is 0 Å². The molecule has 8 heteroatoms. The highest BCUT2D eigenvalue weighted by Gasteiger charge is 2.72. The zero-order chi connectivity index (χ0) is 16.5. The maximum absolute atomic E-state index is 13.2. The average Bonchev–Trinajstić information content (AvgIpc) is 2.36. The Morgan fingerprint density at radius 3 is 2.10 bits per heavy atom. The van der Waals surface area contributed by atoms with Gasteiger partial charge >= 0.3 is 18.0 Å². The van der Waals surface area contributed by atoms with Crippen molar-refractivity contribution in [1.82, 2.24) is 0 Å². The summed E-state index contributed by atoms with van der Waals surface area (Å²) in [6, 6.07) is 5.48. The van der Waals surface area contributed by atoms with Gasteiger partial charge in [-0.15, -0.1) is 0 Å². The summed E-state index contributed by atoms with van der Waals surface area (Å²) in [6.07, 6.45) is -10.0. The number of rotatable bonds is 5. The fraction of sp³-hybridized carbons (Fsp3) is 0.538. The van der Waals surface area contributed by atoms with Crippen molar-refractivity contribution in [3.63, 3.8) is 0 Å². The molecule has 0 fully saturated rings. The molecule has 0 aromatic heterocycles. The van der Waals surface area contributed by atoms with Gasteiger partial charge in [0.1, 0.15) is 0 Å². The quantitative estimate of drug-likeness (QED) is 0.792. The highest BCUT2D eigenvalue weighted by Crippen LogP contribution is 2.49. The summed E-state index contributed by atoms with van der Waals surface area (Å²) in [5, 5.41) is 9.52. The van der Waals surface area contributed by atoms with Gasteiger partial charge in [0.25, 0.3) is 0 Å². The van der Waals surface area contributed by atoms with Gasteiger partial charge in [0.15, 0.2) is 0 Å². The minimum Gasteiger partial charge on any atom is -0.388 e. The third-order valence-electron chi connectivity index (χ3n) is 3.01. The first kappa shape index (κ1) is 17.7. The minimum atomic E-state index is -6.39. The smallest absolute Gasteiger partial charge is 0.388 e. The lowest BCUT2D eigenvalue weighted by molar-refractivity contribution is -0.358. The van der Waals surface area contributed by atoms with Crippen LogP contribution in [0.15, 0.2) is 24.3 Å². The predicted molar refractivity (Wildman–Crippen MR) is 61.3 cm³/mol. The molecule has 120 valence electrons. The SMILES string of the molecule is CCc1cccc(C(O)CC(F)(F)C(F)(F)C(F)(F)F)c1. The lowest BCUT2D eigenvalue weighted by atomic mass is 9.97. The van der Waals surface area contributed by atoms with Crippen molar-refractivity contribution in [2.24, 2.45) is 0 Å². The van der Waals surface area contributed by atoms with Gasteiger partial charge < -0.3 is 5.11 Å². The molecule has 0 aliphatic heterocycles. The predicted octanol–water partition coefficient (Wildman–Crippen LogP) is 4.51. The van der Waals surface area contributed by atoms with Gasteiger partial charge in [0.05, 0.1) is 6.10 Å². The fourth-order valence-corrected chi connectivity index (χ4v) is 1.72. The Bertz CT molecular complexity index is 482. The van der Waals surface area contributed by atoms with Crippen LogP contribution in [0.3, 0.4) is 0 Å². The van der Waals surface area contributed by atoms with Crippen LogP contribution in [0.5, 0.6) is 0 Å². The number of aryl methyl sites for hydroxylation is 1. The molecule has 1 unspecified atom stereocenters. The van der Waals surface area contributed by atoms with E-state index >= 15 is 0 Å². The van der Waals surface area contributed by atoms with Crippen LogP contribution in [0, 0.1) is 0 Å². The van der Waals surface area contributed by atoms with Crippen molar-refractivity contribution in [2.45, 2.75) is 43.9 Å². The Hall–Kier alpha value is -1.31. The Labute approximate surface area is 116 Å². The summed E-state index contributed by atoms with van der Waals surface area (Å²) in [5.74, 6) is -11.6. The van der Waals surface area contributed by atoms with E-state index in [1.165, 1.54) is 18.2 Å². The molecular weight excluding hydrogens is 305 g/mol. The zero-order valence-corrected chi connectivity index (χ0v) is 10.9. The van der Waals surface area contributed by atoms with Gasteiger partial charge in [-0.2, -0.15) is 30.7 Å². The van der Waals surface area contributed by atoms with Crippen LogP contribution >= 0.6 is 0 Å². The van der Waals surface area contributed by atoms with Crippen LogP contribution in [-0.2, 0) is 6.42 Å². The van der Waals surface area contributed by atoms with Crippen molar-refractivity contribution in [3.8, 4) is 0 Å². The molecule has 1 atom stereocenters. The molecule has 1 rings (SSSR count). The molecule has 0 spiro atoms. The summed E-state index contributed by atoms with van der Waals surface area (Å²) in [7, 11) is 0. The molecule has 0 bridgehead atoms. The number of alkyl halides is 7. The molecule has 1 aromatic carbocycles. The first-order chi connectivity index (χ1) is 9.42. The first-order valence-electron chi connectivity index (χ1n) is 6.01. The molecule has 0 heterocycles. The number of aliphatic hydroxyl groups excluding tert-OH is 1. The number of hydrogen-bond acceptors (Lipinski definition) is 1. The van der Waals surface area contributed by atoms with Gasteiger partial charge in [-0.3, -0.25) is 0 Å². The molecular formula is C13H13F7O. The lowest BCUT2D eigenvalue weighted by Crippen LogP contribution is -2.52. The Balaban J connectivity index is 2.97. The van der Waals surface area contributed by atoms with Crippen molar-refractivity contribution in [3.05, 3.63) is 35.4 Å². The van der Waals surface area contributed by atoms with Crippen LogP contribution < -0.4 is 0 Å². The molecule has 0 aliphatic carbocycles. The molecule has 21 heavy (non-hydrogen) atoms. The van der Waals surface area contributed by atoms with E-state index in [0.29, 0.717) is 12.0 Å². The fourth-order valence-electron chi connectivity index (χ4n) is 1.72. The normalized spacial score (nSPS) is 15.1. The number of hydrogen-bond donors (Lipinski definition) is 1. The van der Waals surface area contributed by atoms with E-state index < -0.39 is 30.5 Å². The van der Waals surface area contributed by atoms with Crippen LogP contribution in [-0.4, -0.2) is 23.1 Å². The van der Waals surface area contributed by atoms with E-state index in [4.69, 9.17) is 0 Å². The van der Waals surface area contributed by atoms with Gasteiger partial charge in [-0.1, -0.05) is 31.2 Å². The summed E-state index contributed by atoms with van der Waals surface area (Å²) in [4.78, 5) is 0. The van der Waals surface area contributed by atoms with Crippen molar-refractivity contribution >= 4 is 0 Å². The van der Waals surface area contributed by atoms with Crippen LogP contribution in [0.4, 0.5) is 30.7 Å². The van der Waals surface area contributed by atoms with Crippen molar-refractivity contribution in [1.29, 1.82) is 0 Å². The topological polar surface area (TPSA) is 20.2 Å². The molecule has 1 aromatic rings. The second-order valence-electron chi connectivity index (χ2n) is 4.60. The van der Waals surface area contributed by atoms with E-state index in [-0.39, 0.29) is 5.56 Å². The average molecular weight is 318 g/mol. The molecule has 1 nitrogen and oxygen atoms in total. The maximum atomic E-state index is 13.2. The zero-order valence-electron chi connectivity index (χ0n) is 10.9. The Morgan fingerprint density at radius 1 is 1.05 bits per heavy atom. The highest BCUT2D eigenvalue weighted by molar-refractivity contribution is 5.25. The van der Waals surface area contributed by atoms with Crippen LogP contribution in [0.1, 0.15) is 30.6 Å². The molecule has 0 amide bonds. The standard InChI is InChI=1S/C13H13F7O/c1-2-8-4-3-5-9(6-8)10(21)7-11(14,15)12(16,17)13(18,19)20/h3-6,10,21H,2,7H2,1H3. The number of benzene rings is 1. The molecule has 1 N–H and O–H groups in total. The second kappa shape index (κ2) is 5.82. The first-order valence-corrected chi connectivity index (χ1v) is 6.01. The maximum Gasteiger partial charge on any atom is 0.459 e. The second-order valence-corrected chi connectivity index (χ2v) is 4.60. The Morgan fingerprint density at radius 2 is 1.62 bits per heavy atom. The van der Waals surface area contributed by atoms with Gasteiger partial charge in [0, 0.05) is 6.42 Å². The van der Waals surface area contributed by atoms with E-state index in [2.05, 4.69) is 0 Å². The van der Waals surface area contributed by atoms with E-state index in [1.54, 1.807) is 13.0 Å². The van der Waals surface area contributed by atoms with E-state index in [9.17, 15) is 35.8 Å². The molecule has 0 aliphatic rings. The van der Waals surface area contributed by atoms with E-state index in [0.717, 1.165) is 0 Å². The molecule has 0 radical (unpaired) electrons. The number of halogens is 7. The highest BCUT2D eigenvalue weighted by atomic mass is 19.4. The summed E-state index contributed by atoms with van der Waals surface area (Å²) in [6.45, 7) is 1.73. The van der Waals surface area contributed by atoms with Crippen LogP contribution in [0.2, 0.25) is 0 Å². The third kappa shape index (κ3) is 3.66. The summed E-state index contributed by atoms with van der Waals surface area (Å²) < 4.78 is 87.8. The van der Waals surface area contributed by atoms with E-state index in [1.807, 2.05) is 0 Å². The largest absolute Gasteiger partial charge is 0.459 e. The molecule has 0 saturated heterocycles. The Kier molecular flexibility index (Phi) is 4.92. The summed E-state index contributed by atoms with van der Waals surface area (Å²) >= 11 is 0. The van der Waals surface area contributed by atoms with Gasteiger partial charge in [-0.05, 0) is 17.5 Å². The van der Waals surface area contributed by atoms with Crippen molar-refractivity contribution < 1.29 is 35.8 Å². The van der Waals surface area contributed by atoms with Gasteiger partial charge in [0.2, 0.25) is 0 Å². The monoisotopic (exact) mass is 318 g/mol. The van der Waals surface area contributed by atoms with Crippen molar-refractivity contribution in [2.75, 3.05) is 0 Å². The number of aliphatic hydroxyl groups is 1. The minimum absolute atomic E-state index is 0.132. The summed E-state index contributed by atoms with van der Waals surface area (Å²) in [5.41, 5.74) is 0.504.